The van der Waals surface area contributed by atoms with E-state index in [1.54, 1.807) is 30.4 Å². The number of nitrogens with one attached hydrogen (secondary N) is 1. The number of Topliss-reactive ketones (excluding diaryl/α,β-unsaturated/α-hetero) is 1. The number of anilines is 1. The lowest BCUT2D eigenvalue weighted by Crippen LogP contribution is -2.46. The Morgan fingerprint density at radius 3 is 2.53 bits per heavy atom. The number of carbonyl (C=O) groups excluding carboxylic acids is 2. The average Bonchev–Trinajstić information content (AvgIpc) is 3.20. The van der Waals surface area contributed by atoms with E-state index in [9.17, 15) is 9.59 Å². The van der Waals surface area contributed by atoms with Gasteiger partial charge in [-0.1, -0.05) is 20.8 Å². The fourth-order valence-corrected chi connectivity index (χ4v) is 6.20. The van der Waals surface area contributed by atoms with Crippen LogP contribution < -0.4 is 10.5 Å². The minimum absolute atomic E-state index is 0.0711. The maximum Gasteiger partial charge on any atom is 0.254 e. The Balaban J connectivity index is 1.52. The molecule has 0 radical (unpaired) electrons. The molecule has 0 atom stereocenters. The van der Waals surface area contributed by atoms with Gasteiger partial charge in [-0.3, -0.25) is 9.59 Å². The molecule has 2 aromatic rings. The zero-order valence-corrected chi connectivity index (χ0v) is 21.5. The first-order valence-corrected chi connectivity index (χ1v) is 12.7. The molecule has 1 spiro atoms. The zero-order valence-electron chi connectivity index (χ0n) is 20.7. The van der Waals surface area contributed by atoms with Crippen LogP contribution in [0.4, 0.5) is 5.69 Å². The van der Waals surface area contributed by atoms with E-state index in [-0.39, 0.29) is 22.5 Å². The first-order valence-electron chi connectivity index (χ1n) is 11.9. The first-order chi connectivity index (χ1) is 15.9. The van der Waals surface area contributed by atoms with Gasteiger partial charge in [0.05, 0.1) is 17.3 Å². The molecule has 1 aromatic carbocycles. The van der Waals surface area contributed by atoms with Gasteiger partial charge in [0, 0.05) is 46.6 Å². The number of likely N-dealkylation sites (tertiary alicyclic amines) is 1. The summed E-state index contributed by atoms with van der Waals surface area (Å²) in [6, 6.07) is 3.37. The number of ether oxygens (including phenoxy) is 1. The van der Waals surface area contributed by atoms with E-state index >= 15 is 0 Å². The molecule has 2 aliphatic rings. The van der Waals surface area contributed by atoms with Crippen LogP contribution in [-0.2, 0) is 11.8 Å². The van der Waals surface area contributed by atoms with E-state index < -0.39 is 0 Å². The third-order valence-corrected chi connectivity index (χ3v) is 8.36. The quantitative estimate of drug-likeness (QED) is 0.478. The predicted octanol–water partition coefficient (Wildman–Crippen LogP) is 4.86. The SMILES string of the molecule is CCOc1cc(C(=O)N2CCC3(CC2)CC(=O)c2nc(C(C)(C)C)sc2C3)cc(C(C)=N)c1N. The summed E-state index contributed by atoms with van der Waals surface area (Å²) < 4.78 is 5.63. The van der Waals surface area contributed by atoms with Gasteiger partial charge >= 0.3 is 0 Å². The molecule has 0 saturated carbocycles. The molecule has 3 N–H and O–H groups in total. The van der Waals surface area contributed by atoms with Crippen LogP contribution in [-0.4, -0.2) is 47.0 Å². The summed E-state index contributed by atoms with van der Waals surface area (Å²) in [5.41, 5.74) is 8.34. The van der Waals surface area contributed by atoms with Gasteiger partial charge in [0.1, 0.15) is 11.4 Å². The lowest BCUT2D eigenvalue weighted by molar-refractivity contribution is 0.0521. The molecule has 34 heavy (non-hydrogen) atoms. The second-order valence-corrected chi connectivity index (χ2v) is 11.7. The maximum atomic E-state index is 13.4. The Bertz CT molecular complexity index is 1150. The molecule has 0 bridgehead atoms. The van der Waals surface area contributed by atoms with E-state index in [2.05, 4.69) is 25.8 Å². The van der Waals surface area contributed by atoms with E-state index in [1.807, 2.05) is 11.8 Å². The second-order valence-electron chi connectivity index (χ2n) is 10.6. The Labute approximate surface area is 205 Å². The Hall–Kier alpha value is -2.74. The minimum atomic E-state index is -0.100. The number of carbonyl (C=O) groups is 2. The number of aromatic nitrogens is 1. The molecule has 4 rings (SSSR count). The summed E-state index contributed by atoms with van der Waals surface area (Å²) in [5.74, 6) is 0.487. The summed E-state index contributed by atoms with van der Waals surface area (Å²) >= 11 is 1.67. The highest BCUT2D eigenvalue weighted by Crippen LogP contribution is 2.46. The number of piperidine rings is 1. The van der Waals surface area contributed by atoms with E-state index in [4.69, 9.17) is 15.9 Å². The van der Waals surface area contributed by atoms with Crippen LogP contribution in [0.15, 0.2) is 12.1 Å². The maximum absolute atomic E-state index is 13.4. The highest BCUT2D eigenvalue weighted by molar-refractivity contribution is 7.12. The largest absolute Gasteiger partial charge is 0.492 e. The number of ketones is 1. The predicted molar refractivity (Wildman–Crippen MR) is 136 cm³/mol. The van der Waals surface area contributed by atoms with Crippen molar-refractivity contribution >= 4 is 34.4 Å². The molecule has 0 unspecified atom stereocenters. The molecule has 1 amide bonds. The van der Waals surface area contributed by atoms with Gasteiger partial charge in [-0.25, -0.2) is 4.98 Å². The number of amides is 1. The summed E-state index contributed by atoms with van der Waals surface area (Å²) in [6.45, 7) is 11.5. The number of hydrogen-bond acceptors (Lipinski definition) is 7. The van der Waals surface area contributed by atoms with Crippen molar-refractivity contribution in [1.82, 2.24) is 9.88 Å². The van der Waals surface area contributed by atoms with Gasteiger partial charge in [-0.15, -0.1) is 11.3 Å². The number of thiazole rings is 1. The van der Waals surface area contributed by atoms with Crippen molar-refractivity contribution in [1.29, 1.82) is 5.41 Å². The molecular formula is C26H34N4O3S. The average molecular weight is 483 g/mol. The van der Waals surface area contributed by atoms with Crippen molar-refractivity contribution in [3.8, 4) is 5.75 Å². The smallest absolute Gasteiger partial charge is 0.254 e. The number of nitrogen functional groups attached to an aromatic ring is 1. The van der Waals surface area contributed by atoms with Crippen LogP contribution in [0.2, 0.25) is 0 Å². The fourth-order valence-electron chi connectivity index (χ4n) is 4.89. The molecule has 182 valence electrons. The first kappa shape index (κ1) is 24.4. The van der Waals surface area contributed by atoms with Crippen LogP contribution in [0.25, 0.3) is 0 Å². The van der Waals surface area contributed by atoms with Crippen LogP contribution in [0.1, 0.15) is 90.2 Å². The number of nitrogens with zero attached hydrogens (tertiary/aromatic N) is 2. The Kier molecular flexibility index (Phi) is 6.31. The molecule has 2 heterocycles. The third kappa shape index (κ3) is 4.48. The van der Waals surface area contributed by atoms with Crippen molar-refractivity contribution in [3.05, 3.63) is 38.8 Å². The second kappa shape index (κ2) is 8.80. The highest BCUT2D eigenvalue weighted by Gasteiger charge is 2.44. The highest BCUT2D eigenvalue weighted by atomic mass is 32.1. The van der Waals surface area contributed by atoms with Crippen LogP contribution in [0.3, 0.4) is 0 Å². The molecule has 1 aliphatic heterocycles. The number of hydrogen-bond donors (Lipinski definition) is 2. The summed E-state index contributed by atoms with van der Waals surface area (Å²) in [7, 11) is 0. The summed E-state index contributed by atoms with van der Waals surface area (Å²) in [4.78, 5) is 34.0. The minimum Gasteiger partial charge on any atom is -0.492 e. The van der Waals surface area contributed by atoms with Crippen molar-refractivity contribution in [2.24, 2.45) is 5.41 Å². The van der Waals surface area contributed by atoms with Crippen molar-refractivity contribution < 1.29 is 14.3 Å². The Morgan fingerprint density at radius 2 is 1.94 bits per heavy atom. The molecule has 1 saturated heterocycles. The van der Waals surface area contributed by atoms with E-state index in [1.165, 1.54) is 0 Å². The fraction of sp³-hybridized carbons (Fsp3) is 0.538. The monoisotopic (exact) mass is 482 g/mol. The van der Waals surface area contributed by atoms with Crippen molar-refractivity contribution in [2.45, 2.75) is 65.7 Å². The van der Waals surface area contributed by atoms with Gasteiger partial charge in [0.2, 0.25) is 0 Å². The van der Waals surface area contributed by atoms with E-state index in [0.29, 0.717) is 60.1 Å². The van der Waals surface area contributed by atoms with Gasteiger partial charge in [0.25, 0.3) is 5.91 Å². The van der Waals surface area contributed by atoms with Gasteiger partial charge in [-0.2, -0.15) is 0 Å². The number of nitrogens with two attached hydrogens (primary N) is 1. The number of fused-ring (bicyclic) bond motifs is 1. The van der Waals surface area contributed by atoms with Gasteiger partial charge in [0.15, 0.2) is 5.78 Å². The number of rotatable bonds is 4. The van der Waals surface area contributed by atoms with E-state index in [0.717, 1.165) is 29.1 Å². The molecule has 1 aromatic heterocycles. The van der Waals surface area contributed by atoms with Crippen molar-refractivity contribution in [3.63, 3.8) is 0 Å². The standard InChI is InChI=1S/C26H34N4O3S/c1-6-33-19-12-16(11-17(15(2)27)21(19)28)23(32)30-9-7-26(8-10-30)13-18(31)22-20(14-26)34-24(29-22)25(3,4)5/h11-12,27H,6-10,13-14,28H2,1-5H3. The van der Waals surface area contributed by atoms with Crippen LogP contribution in [0.5, 0.6) is 5.75 Å². The zero-order chi connectivity index (χ0) is 24.8. The van der Waals surface area contributed by atoms with Crippen LogP contribution in [0, 0.1) is 10.8 Å². The normalized spacial score (nSPS) is 17.6. The molecule has 7 nitrogen and oxygen atoms in total. The van der Waals surface area contributed by atoms with Gasteiger partial charge in [-0.05, 0) is 50.7 Å². The lowest BCUT2D eigenvalue weighted by atomic mass is 9.68. The van der Waals surface area contributed by atoms with Crippen LogP contribution >= 0.6 is 11.3 Å². The molecule has 1 fully saturated rings. The number of benzene rings is 1. The third-order valence-electron chi connectivity index (χ3n) is 6.88. The van der Waals surface area contributed by atoms with Gasteiger partial charge < -0.3 is 20.8 Å². The lowest BCUT2D eigenvalue weighted by Gasteiger charge is -2.43. The molecule has 1 aliphatic carbocycles. The Morgan fingerprint density at radius 1 is 1.26 bits per heavy atom. The van der Waals surface area contributed by atoms with Crippen molar-refractivity contribution in [2.75, 3.05) is 25.4 Å². The molecule has 8 heteroatoms. The molecular weight excluding hydrogens is 448 g/mol. The summed E-state index contributed by atoms with van der Waals surface area (Å²) in [5, 5.41) is 9.05. The summed E-state index contributed by atoms with van der Waals surface area (Å²) in [6.07, 6.45) is 2.94. The topological polar surface area (TPSA) is 109 Å².